The molecule has 0 aliphatic carbocycles. The second kappa shape index (κ2) is 6.86. The number of anilines is 2. The van der Waals surface area contributed by atoms with Gasteiger partial charge in [0.15, 0.2) is 12.1 Å². The van der Waals surface area contributed by atoms with Crippen molar-refractivity contribution in [2.45, 2.75) is 20.0 Å². The van der Waals surface area contributed by atoms with Crippen molar-refractivity contribution in [3.63, 3.8) is 0 Å². The van der Waals surface area contributed by atoms with E-state index in [1.165, 1.54) is 5.56 Å². The van der Waals surface area contributed by atoms with Crippen molar-refractivity contribution in [3.05, 3.63) is 41.6 Å². The molecule has 6 heteroatoms. The van der Waals surface area contributed by atoms with Crippen LogP contribution in [0.4, 0.5) is 11.8 Å². The summed E-state index contributed by atoms with van der Waals surface area (Å²) in [5.41, 5.74) is 1.75. The summed E-state index contributed by atoms with van der Waals surface area (Å²) >= 11 is 0. The molecule has 126 valence electrons. The number of fused-ring (bicyclic) bond motifs is 1. The molecule has 1 atom stereocenters. The quantitative estimate of drug-likeness (QED) is 0.760. The van der Waals surface area contributed by atoms with Crippen molar-refractivity contribution >= 4 is 24.3 Å². The van der Waals surface area contributed by atoms with Gasteiger partial charge in [0.2, 0.25) is 5.95 Å². The molecular weight excluding hydrogens is 304 g/mol. The van der Waals surface area contributed by atoms with Crippen LogP contribution < -0.4 is 9.80 Å². The lowest BCUT2D eigenvalue weighted by Gasteiger charge is -2.33. The first-order valence-corrected chi connectivity index (χ1v) is 8.13. The molecule has 24 heavy (non-hydrogen) atoms. The summed E-state index contributed by atoms with van der Waals surface area (Å²) in [4.78, 5) is 31.1. The summed E-state index contributed by atoms with van der Waals surface area (Å²) in [7, 11) is 1.78. The van der Waals surface area contributed by atoms with Crippen molar-refractivity contribution < 1.29 is 9.59 Å². The summed E-state index contributed by atoms with van der Waals surface area (Å²) in [5, 5.41) is 0. The number of aromatic nitrogens is 2. The highest BCUT2D eigenvalue weighted by atomic mass is 16.1. The summed E-state index contributed by atoms with van der Waals surface area (Å²) in [6.45, 7) is 4.78. The molecule has 0 bridgehead atoms. The first-order valence-electron chi connectivity index (χ1n) is 8.13. The molecule has 0 amide bonds. The lowest BCUT2D eigenvalue weighted by atomic mass is 10.1. The lowest BCUT2D eigenvalue weighted by molar-refractivity contribution is -0.106. The molecular formula is C18H22N4O2. The van der Waals surface area contributed by atoms with Crippen LogP contribution in [0, 0.1) is 5.92 Å². The van der Waals surface area contributed by atoms with Crippen LogP contribution in [0.15, 0.2) is 30.3 Å². The molecule has 0 spiro atoms. The third-order valence-corrected chi connectivity index (χ3v) is 4.31. The third-order valence-electron chi connectivity index (χ3n) is 4.31. The van der Waals surface area contributed by atoms with Gasteiger partial charge in [-0.25, -0.2) is 0 Å². The van der Waals surface area contributed by atoms with Crippen LogP contribution in [0.5, 0.6) is 0 Å². The predicted octanol–water partition coefficient (Wildman–Crippen LogP) is 1.99. The number of nitrogens with zero attached hydrogens (tertiary/aromatic N) is 4. The number of aldehydes is 2. The Morgan fingerprint density at radius 1 is 1.25 bits per heavy atom. The molecule has 1 aliphatic rings. The topological polar surface area (TPSA) is 58.4 Å². The number of hydrogen-bond donors (Lipinski definition) is 0. The smallest absolute Gasteiger partial charge is 0.208 e. The predicted molar refractivity (Wildman–Crippen MR) is 93.6 cm³/mol. The van der Waals surface area contributed by atoms with E-state index in [9.17, 15) is 9.59 Å². The standard InChI is InChI=1S/C18H22N4O2/c1-14-10-21(12-15-6-4-3-5-7-15)18-19-17(20(2)8-9-23)16(13-24)22(18)11-14/h3-7,9,13-14H,8,10-12H2,1-2H3. The monoisotopic (exact) mass is 326 g/mol. The van der Waals surface area contributed by atoms with Crippen LogP contribution in [0.2, 0.25) is 0 Å². The second-order valence-electron chi connectivity index (χ2n) is 6.37. The Kier molecular flexibility index (Phi) is 4.64. The second-order valence-corrected chi connectivity index (χ2v) is 6.37. The number of hydrogen-bond acceptors (Lipinski definition) is 5. The zero-order chi connectivity index (χ0) is 17.1. The van der Waals surface area contributed by atoms with Gasteiger partial charge in [0.1, 0.15) is 12.0 Å². The molecule has 1 unspecified atom stereocenters. The van der Waals surface area contributed by atoms with Crippen molar-refractivity contribution in [3.8, 4) is 0 Å². The molecule has 2 heterocycles. The van der Waals surface area contributed by atoms with Gasteiger partial charge in [0.05, 0.1) is 6.54 Å². The van der Waals surface area contributed by atoms with Crippen LogP contribution in [0.1, 0.15) is 23.0 Å². The number of imidazole rings is 1. The Balaban J connectivity index is 1.99. The first kappa shape index (κ1) is 16.2. The molecule has 0 radical (unpaired) electrons. The Bertz CT molecular complexity index is 726. The Morgan fingerprint density at radius 2 is 2.00 bits per heavy atom. The van der Waals surface area contributed by atoms with E-state index in [4.69, 9.17) is 0 Å². The Hall–Kier alpha value is -2.63. The van der Waals surface area contributed by atoms with E-state index in [-0.39, 0.29) is 6.54 Å². The van der Waals surface area contributed by atoms with Crippen molar-refractivity contribution in [1.82, 2.24) is 9.55 Å². The maximum absolute atomic E-state index is 11.6. The van der Waals surface area contributed by atoms with Gasteiger partial charge in [-0.05, 0) is 11.5 Å². The minimum atomic E-state index is 0.214. The molecule has 0 saturated carbocycles. The molecule has 2 aromatic rings. The molecule has 0 fully saturated rings. The van der Waals surface area contributed by atoms with E-state index in [1.54, 1.807) is 11.9 Å². The van der Waals surface area contributed by atoms with Crippen molar-refractivity contribution in [2.75, 3.05) is 29.9 Å². The minimum Gasteiger partial charge on any atom is -0.351 e. The normalized spacial score (nSPS) is 16.6. The maximum Gasteiger partial charge on any atom is 0.208 e. The number of benzene rings is 1. The van der Waals surface area contributed by atoms with E-state index in [0.717, 1.165) is 38.2 Å². The molecule has 1 aromatic carbocycles. The summed E-state index contributed by atoms with van der Waals surface area (Å²) in [5.74, 6) is 1.78. The highest BCUT2D eigenvalue weighted by molar-refractivity contribution is 5.83. The van der Waals surface area contributed by atoms with E-state index >= 15 is 0 Å². The van der Waals surface area contributed by atoms with Gasteiger partial charge in [-0.3, -0.25) is 4.79 Å². The molecule has 3 rings (SSSR count). The number of rotatable bonds is 6. The van der Waals surface area contributed by atoms with Crippen LogP contribution in [-0.4, -0.2) is 42.3 Å². The summed E-state index contributed by atoms with van der Waals surface area (Å²) in [6, 6.07) is 10.2. The summed E-state index contributed by atoms with van der Waals surface area (Å²) in [6.07, 6.45) is 1.66. The molecule has 6 nitrogen and oxygen atoms in total. The SMILES string of the molecule is CC1CN(Cc2ccccc2)c2nc(N(C)CC=O)c(C=O)n2C1. The molecule has 1 aromatic heterocycles. The largest absolute Gasteiger partial charge is 0.351 e. The molecule has 0 saturated heterocycles. The molecule has 1 aliphatic heterocycles. The number of carbonyl (C=O) groups excluding carboxylic acids is 2. The average molecular weight is 326 g/mol. The van der Waals surface area contributed by atoms with E-state index in [0.29, 0.717) is 17.4 Å². The van der Waals surface area contributed by atoms with E-state index < -0.39 is 0 Å². The van der Waals surface area contributed by atoms with Gasteiger partial charge in [-0.2, -0.15) is 4.98 Å². The summed E-state index contributed by atoms with van der Waals surface area (Å²) < 4.78 is 1.97. The third kappa shape index (κ3) is 3.04. The van der Waals surface area contributed by atoms with Gasteiger partial charge >= 0.3 is 0 Å². The lowest BCUT2D eigenvalue weighted by Crippen LogP contribution is -2.37. The van der Waals surface area contributed by atoms with Crippen LogP contribution in [0.25, 0.3) is 0 Å². The van der Waals surface area contributed by atoms with Gasteiger partial charge in [-0.1, -0.05) is 37.3 Å². The van der Waals surface area contributed by atoms with Gasteiger partial charge in [-0.15, -0.1) is 0 Å². The van der Waals surface area contributed by atoms with Crippen LogP contribution >= 0.6 is 0 Å². The maximum atomic E-state index is 11.6. The number of likely N-dealkylation sites (N-methyl/N-ethyl adjacent to an activating group) is 1. The van der Waals surface area contributed by atoms with Gasteiger partial charge < -0.3 is 19.2 Å². The van der Waals surface area contributed by atoms with Crippen LogP contribution in [-0.2, 0) is 17.9 Å². The first-order chi connectivity index (χ1) is 11.6. The zero-order valence-electron chi connectivity index (χ0n) is 14.1. The van der Waals surface area contributed by atoms with Crippen molar-refractivity contribution in [2.24, 2.45) is 5.92 Å². The minimum absolute atomic E-state index is 0.214. The Labute approximate surface area is 141 Å². The van der Waals surface area contributed by atoms with Gasteiger partial charge in [0.25, 0.3) is 0 Å². The fourth-order valence-electron chi connectivity index (χ4n) is 3.22. The van der Waals surface area contributed by atoms with E-state index in [2.05, 4.69) is 28.9 Å². The van der Waals surface area contributed by atoms with E-state index in [1.807, 2.05) is 22.8 Å². The molecule has 0 N–H and O–H groups in total. The fraction of sp³-hybridized carbons (Fsp3) is 0.389. The van der Waals surface area contributed by atoms with Gasteiger partial charge in [0, 0.05) is 26.7 Å². The fourth-order valence-corrected chi connectivity index (χ4v) is 3.22. The highest BCUT2D eigenvalue weighted by Gasteiger charge is 2.29. The van der Waals surface area contributed by atoms with Crippen LogP contribution in [0.3, 0.4) is 0 Å². The zero-order valence-corrected chi connectivity index (χ0v) is 14.1. The Morgan fingerprint density at radius 3 is 2.67 bits per heavy atom. The van der Waals surface area contributed by atoms with Crippen molar-refractivity contribution in [1.29, 1.82) is 0 Å². The number of carbonyl (C=O) groups is 2. The highest BCUT2D eigenvalue weighted by Crippen LogP contribution is 2.31. The average Bonchev–Trinajstić information content (AvgIpc) is 2.94.